The van der Waals surface area contributed by atoms with Crippen LogP contribution in [0.15, 0.2) is 0 Å². The van der Waals surface area contributed by atoms with Crippen molar-refractivity contribution in [3.05, 3.63) is 0 Å². The fourth-order valence-electron chi connectivity index (χ4n) is 1.09. The zero-order valence-corrected chi connectivity index (χ0v) is 13.0. The first-order valence-corrected chi connectivity index (χ1v) is 5.75. The van der Waals surface area contributed by atoms with Gasteiger partial charge in [-0.15, -0.1) is 0 Å². The quantitative estimate of drug-likeness (QED) is 0.337. The molecule has 0 saturated carbocycles. The van der Waals surface area contributed by atoms with Gasteiger partial charge in [-0.1, -0.05) is 23.2 Å². The van der Waals surface area contributed by atoms with Crippen LogP contribution in [0.2, 0.25) is 0 Å². The van der Waals surface area contributed by atoms with E-state index in [1.807, 2.05) is 0 Å². The van der Waals surface area contributed by atoms with Crippen molar-refractivity contribution in [2.75, 3.05) is 0 Å². The Morgan fingerprint density at radius 3 is 1.04 bits per heavy atom. The molecule has 0 spiro atoms. The molecule has 0 aromatic heterocycles. The smallest absolute Gasteiger partial charge is 0.547 e. The summed E-state index contributed by atoms with van der Waals surface area (Å²) in [6.07, 6.45) is -7.58. The van der Waals surface area contributed by atoms with Crippen LogP contribution < -0.4 is 24.0 Å². The van der Waals surface area contributed by atoms with Gasteiger partial charge in [0.1, 0.15) is 0 Å². The van der Waals surface area contributed by atoms with E-state index in [9.17, 15) is 67.0 Å². The van der Waals surface area contributed by atoms with Gasteiger partial charge in [0.2, 0.25) is 4.33 Å². The molecule has 0 heterocycles. The summed E-state index contributed by atoms with van der Waals surface area (Å²) in [6.45, 7) is 0. The number of carboxylic acids is 1. The standard InChI is InChI=1S/C8HCl2F13O2.Li/c9-2(10,1(24)25)3(11,12)4(13,14)5(15,16)6(17,18)7(19,20)8(21,22)23;/h(H,24,25);/q;+1/p-1. The number of carbonyl (C=O) groups is 1. The van der Waals surface area contributed by atoms with E-state index < -0.39 is 46.1 Å². The SMILES string of the molecule is O=C([O-])C(Cl)(Cl)C(F)(F)C(F)(F)C(F)(F)C(F)(F)C(F)(F)C(F)(F)F.[Li+]. The Morgan fingerprint density at radius 1 is 0.577 bits per heavy atom. The molecular formula is C8Cl2F13LiO2. The second kappa shape index (κ2) is 6.96. The number of alkyl halides is 15. The van der Waals surface area contributed by atoms with Gasteiger partial charge in [0.25, 0.3) is 0 Å². The van der Waals surface area contributed by atoms with Crippen LogP contribution in [0.25, 0.3) is 0 Å². The van der Waals surface area contributed by atoms with Crippen molar-refractivity contribution in [2.45, 2.75) is 40.1 Å². The molecule has 26 heavy (non-hydrogen) atoms. The Labute approximate surface area is 155 Å². The largest absolute Gasteiger partial charge is 1.00 e. The Bertz CT molecular complexity index is 545. The molecular weight excluding hydrogens is 453 g/mol. The topological polar surface area (TPSA) is 40.1 Å². The normalized spacial score (nSPS) is 15.5. The zero-order valence-electron chi connectivity index (χ0n) is 11.5. The van der Waals surface area contributed by atoms with E-state index in [-0.39, 0.29) is 18.9 Å². The van der Waals surface area contributed by atoms with Gasteiger partial charge in [-0.05, 0) is 0 Å². The van der Waals surface area contributed by atoms with Gasteiger partial charge in [-0.2, -0.15) is 57.1 Å². The number of rotatable bonds is 6. The molecule has 0 N–H and O–H groups in total. The predicted octanol–water partition coefficient (Wildman–Crippen LogP) is 0.653. The molecule has 0 aliphatic heterocycles. The van der Waals surface area contributed by atoms with Crippen LogP contribution in [0, 0.1) is 0 Å². The molecule has 150 valence electrons. The van der Waals surface area contributed by atoms with Gasteiger partial charge >= 0.3 is 54.6 Å². The van der Waals surface area contributed by atoms with Gasteiger partial charge < -0.3 is 9.90 Å². The molecule has 0 radical (unpaired) electrons. The van der Waals surface area contributed by atoms with Crippen molar-refractivity contribution in [2.24, 2.45) is 0 Å². The monoisotopic (exact) mass is 452 g/mol. The minimum absolute atomic E-state index is 0. The van der Waals surface area contributed by atoms with Crippen molar-refractivity contribution in [3.63, 3.8) is 0 Å². The molecule has 0 aliphatic carbocycles. The Morgan fingerprint density at radius 2 is 0.808 bits per heavy atom. The minimum Gasteiger partial charge on any atom is -0.547 e. The van der Waals surface area contributed by atoms with Crippen LogP contribution in [0.1, 0.15) is 0 Å². The molecule has 0 rings (SSSR count). The number of aliphatic carboxylic acids is 1. The number of hydrogen-bond acceptors (Lipinski definition) is 2. The average Bonchev–Trinajstić information content (AvgIpc) is 2.35. The number of hydrogen-bond donors (Lipinski definition) is 0. The third kappa shape index (κ3) is 3.44. The summed E-state index contributed by atoms with van der Waals surface area (Å²) in [5.41, 5.74) is 0. The van der Waals surface area contributed by atoms with Crippen LogP contribution in [-0.4, -0.2) is 46.1 Å². The van der Waals surface area contributed by atoms with E-state index >= 15 is 0 Å². The average molecular weight is 453 g/mol. The van der Waals surface area contributed by atoms with E-state index in [2.05, 4.69) is 23.2 Å². The van der Waals surface area contributed by atoms with Crippen molar-refractivity contribution in [3.8, 4) is 0 Å². The zero-order chi connectivity index (χ0) is 21.1. The van der Waals surface area contributed by atoms with Crippen molar-refractivity contribution in [1.29, 1.82) is 0 Å². The van der Waals surface area contributed by atoms with Crippen LogP contribution in [0.3, 0.4) is 0 Å². The molecule has 0 amide bonds. The fraction of sp³-hybridized carbons (Fsp3) is 0.875. The molecule has 0 fully saturated rings. The van der Waals surface area contributed by atoms with Crippen LogP contribution in [-0.2, 0) is 4.79 Å². The first-order chi connectivity index (χ1) is 10.4. The van der Waals surface area contributed by atoms with Gasteiger partial charge in [0.05, 0.1) is 5.97 Å². The number of carbonyl (C=O) groups excluding carboxylic acids is 1. The molecule has 0 aliphatic rings. The van der Waals surface area contributed by atoms with E-state index in [0.717, 1.165) is 0 Å². The van der Waals surface area contributed by atoms with Gasteiger partial charge in [0, 0.05) is 0 Å². The van der Waals surface area contributed by atoms with Crippen LogP contribution in [0.4, 0.5) is 57.1 Å². The molecule has 0 aromatic carbocycles. The van der Waals surface area contributed by atoms with E-state index in [1.54, 1.807) is 0 Å². The Balaban J connectivity index is 0. The number of halogens is 15. The van der Waals surface area contributed by atoms with Crippen LogP contribution >= 0.6 is 23.2 Å². The van der Waals surface area contributed by atoms with Crippen molar-refractivity contribution < 1.29 is 85.8 Å². The molecule has 0 unspecified atom stereocenters. The summed E-state index contributed by atoms with van der Waals surface area (Å²) in [5, 5.41) is 10.1. The first kappa shape index (κ1) is 28.0. The summed E-state index contributed by atoms with van der Waals surface area (Å²) in [5.74, 6) is -43.1. The maximum atomic E-state index is 13.2. The van der Waals surface area contributed by atoms with E-state index in [1.165, 1.54) is 0 Å². The first-order valence-electron chi connectivity index (χ1n) is 4.99. The third-order valence-corrected chi connectivity index (χ3v) is 3.37. The fourth-order valence-corrected chi connectivity index (χ4v) is 1.33. The second-order valence-electron chi connectivity index (χ2n) is 4.23. The molecule has 2 nitrogen and oxygen atoms in total. The molecule has 0 bridgehead atoms. The number of carboxylic acid groups (broad SMARTS) is 1. The summed E-state index contributed by atoms with van der Waals surface area (Å²) >= 11 is 8.19. The minimum atomic E-state index is -8.19. The summed E-state index contributed by atoms with van der Waals surface area (Å²) in [6, 6.07) is 0. The summed E-state index contributed by atoms with van der Waals surface area (Å²) in [7, 11) is 0. The second-order valence-corrected chi connectivity index (χ2v) is 5.56. The molecule has 0 saturated heterocycles. The van der Waals surface area contributed by atoms with E-state index in [4.69, 9.17) is 0 Å². The van der Waals surface area contributed by atoms with Gasteiger partial charge in [0.15, 0.2) is 0 Å². The molecule has 0 aromatic rings. The summed E-state index contributed by atoms with van der Waals surface area (Å²) < 4.78 is 159. The molecule has 18 heteroatoms. The van der Waals surface area contributed by atoms with E-state index in [0.29, 0.717) is 0 Å². The van der Waals surface area contributed by atoms with Gasteiger partial charge in [-0.25, -0.2) is 0 Å². The molecule has 0 atom stereocenters. The van der Waals surface area contributed by atoms with Gasteiger partial charge in [-0.3, -0.25) is 0 Å². The van der Waals surface area contributed by atoms with Crippen LogP contribution in [0.5, 0.6) is 0 Å². The third-order valence-electron chi connectivity index (χ3n) is 2.58. The summed E-state index contributed by atoms with van der Waals surface area (Å²) in [4.78, 5) is 10.1. The maximum Gasteiger partial charge on any atom is 1.00 e. The Kier molecular flexibility index (Phi) is 7.49. The maximum absolute atomic E-state index is 13.2. The Hall–Kier alpha value is -0.263. The van der Waals surface area contributed by atoms with Crippen molar-refractivity contribution >= 4 is 29.2 Å². The van der Waals surface area contributed by atoms with Crippen molar-refractivity contribution in [1.82, 2.24) is 0 Å². The predicted molar refractivity (Wildman–Crippen MR) is 50.2 cm³/mol.